The van der Waals surface area contributed by atoms with Gasteiger partial charge in [-0.1, -0.05) is 0 Å². The number of rotatable bonds is 4. The van der Waals surface area contributed by atoms with Gasteiger partial charge in [0.2, 0.25) is 5.95 Å². The number of alkyl halides is 1. The van der Waals surface area contributed by atoms with E-state index in [0.29, 0.717) is 0 Å². The Labute approximate surface area is 138 Å². The van der Waals surface area contributed by atoms with Crippen molar-refractivity contribution in [1.82, 2.24) is 19.5 Å². The average molecular weight is 381 g/mol. The summed E-state index contributed by atoms with van der Waals surface area (Å²) < 4.78 is 25.2. The lowest BCUT2D eigenvalue weighted by molar-refractivity contribution is -0.0474. The van der Waals surface area contributed by atoms with Crippen LogP contribution >= 0.6 is 6.72 Å². The molecule has 6 N–H and O–H groups in total. The van der Waals surface area contributed by atoms with E-state index in [1.807, 2.05) is 0 Å². The van der Waals surface area contributed by atoms with Crippen molar-refractivity contribution in [2.24, 2.45) is 0 Å². The zero-order valence-electron chi connectivity index (χ0n) is 11.8. The number of aromatic nitrogens is 4. The number of nitrogens with two attached hydrogens (primary N) is 1. The summed E-state index contributed by atoms with van der Waals surface area (Å²) in [6.07, 6.45) is -4.94. The quantitative estimate of drug-likeness (QED) is 0.394. The molecule has 1 aliphatic rings. The van der Waals surface area contributed by atoms with Crippen LogP contribution in [0.5, 0.6) is 0 Å². The van der Waals surface area contributed by atoms with Crippen molar-refractivity contribution in [2.75, 3.05) is 12.3 Å². The third-order valence-corrected chi connectivity index (χ3v) is 4.22. The number of ether oxygens (including phenoxy) is 1. The van der Waals surface area contributed by atoms with Crippen LogP contribution in [-0.4, -0.2) is 59.4 Å². The molecule has 4 atom stereocenters. The number of halogens is 1. The van der Waals surface area contributed by atoms with E-state index in [4.69, 9.17) is 20.3 Å². The van der Waals surface area contributed by atoms with E-state index in [2.05, 4.69) is 31.3 Å². The number of imidazole rings is 1. The van der Waals surface area contributed by atoms with Crippen molar-refractivity contribution in [3.63, 3.8) is 0 Å². The van der Waals surface area contributed by atoms with Gasteiger partial charge in [0.15, 0.2) is 23.6 Å². The minimum atomic E-state index is -3.98. The van der Waals surface area contributed by atoms with Crippen molar-refractivity contribution in [3.8, 4) is 0 Å². The summed E-state index contributed by atoms with van der Waals surface area (Å²) in [5.41, 5.74) is 4.82. The molecule has 0 aromatic carbocycles. The van der Waals surface area contributed by atoms with Gasteiger partial charge in [0.25, 0.3) is 5.56 Å². The molecule has 1 aliphatic heterocycles. The first-order chi connectivity index (χ1) is 11.2. The highest BCUT2D eigenvalue weighted by Gasteiger charge is 2.46. The number of nitrogens with one attached hydrogen (secondary N) is 1. The SMILES string of the molecule is Nc1nc2c(ncn2[C@@H]2O[C@H](COP(O)(O)=S)[C@@H](F)[C@H]2O)c(=O)[nH]1. The van der Waals surface area contributed by atoms with Crippen LogP contribution in [0.4, 0.5) is 10.3 Å². The Morgan fingerprint density at radius 1 is 1.58 bits per heavy atom. The fourth-order valence-electron chi connectivity index (χ4n) is 2.37. The zero-order chi connectivity index (χ0) is 17.6. The molecule has 132 valence electrons. The maximum absolute atomic E-state index is 14.2. The maximum atomic E-state index is 14.2. The van der Waals surface area contributed by atoms with Gasteiger partial charge in [0, 0.05) is 0 Å². The lowest BCUT2D eigenvalue weighted by Crippen LogP contribution is -2.30. The first-order valence-corrected chi connectivity index (χ1v) is 9.20. The molecule has 3 heterocycles. The third-order valence-electron chi connectivity index (χ3n) is 3.42. The summed E-state index contributed by atoms with van der Waals surface area (Å²) in [5.74, 6) is -0.181. The smallest absolute Gasteiger partial charge is 0.321 e. The lowest BCUT2D eigenvalue weighted by atomic mass is 10.1. The molecular weight excluding hydrogens is 368 g/mol. The standard InChI is InChI=1S/C10H13FN5O6PS/c11-4-3(1-21-23(19,20)24)22-9(6(4)17)16-2-13-5-7(16)14-10(12)15-8(5)18/h2-4,6,9,17H,1H2,(H2,19,20,24)(H3,12,14,15,18)/t3-,4-,6-,9-/m1/s1. The molecular formula is C10H13FN5O6PS. The summed E-state index contributed by atoms with van der Waals surface area (Å²) in [7, 11) is 0. The van der Waals surface area contributed by atoms with E-state index in [1.54, 1.807) is 0 Å². The van der Waals surface area contributed by atoms with Crippen molar-refractivity contribution in [2.45, 2.75) is 24.6 Å². The number of aromatic amines is 1. The maximum Gasteiger partial charge on any atom is 0.321 e. The van der Waals surface area contributed by atoms with Gasteiger partial charge >= 0.3 is 6.72 Å². The van der Waals surface area contributed by atoms with Crippen molar-refractivity contribution in [1.29, 1.82) is 0 Å². The minimum absolute atomic E-state index is 0.00324. The van der Waals surface area contributed by atoms with Gasteiger partial charge in [-0.2, -0.15) is 4.98 Å². The van der Waals surface area contributed by atoms with E-state index >= 15 is 0 Å². The molecule has 3 rings (SSSR count). The van der Waals surface area contributed by atoms with Crippen LogP contribution in [-0.2, 0) is 21.1 Å². The first-order valence-electron chi connectivity index (χ1n) is 6.57. The fraction of sp³-hybridized carbons (Fsp3) is 0.500. The third kappa shape index (κ3) is 3.19. The predicted molar refractivity (Wildman–Crippen MR) is 82.0 cm³/mol. The van der Waals surface area contributed by atoms with Crippen LogP contribution in [0.1, 0.15) is 6.23 Å². The van der Waals surface area contributed by atoms with Gasteiger partial charge in [-0.25, -0.2) is 9.37 Å². The summed E-state index contributed by atoms with van der Waals surface area (Å²) in [6.45, 7) is -4.55. The zero-order valence-corrected chi connectivity index (χ0v) is 13.5. The molecule has 0 amide bonds. The lowest BCUT2D eigenvalue weighted by Gasteiger charge is -2.16. The summed E-state index contributed by atoms with van der Waals surface area (Å²) in [4.78, 5) is 39.8. The normalized spacial score (nSPS) is 27.8. The van der Waals surface area contributed by atoms with Gasteiger partial charge in [-0.05, 0) is 11.8 Å². The second kappa shape index (κ2) is 6.11. The molecule has 0 unspecified atom stereocenters. The van der Waals surface area contributed by atoms with Crippen molar-refractivity contribution < 1.29 is 28.5 Å². The van der Waals surface area contributed by atoms with E-state index in [-0.39, 0.29) is 17.1 Å². The largest absolute Gasteiger partial charge is 0.385 e. The second-order valence-electron chi connectivity index (χ2n) is 5.06. The van der Waals surface area contributed by atoms with E-state index in [1.165, 1.54) is 0 Å². The summed E-state index contributed by atoms with van der Waals surface area (Å²) >= 11 is 4.27. The Bertz CT molecular complexity index is 869. The number of aliphatic hydroxyl groups is 1. The number of fused-ring (bicyclic) bond motifs is 1. The first kappa shape index (κ1) is 17.4. The molecule has 0 aliphatic carbocycles. The molecule has 0 saturated carbocycles. The second-order valence-corrected chi connectivity index (χ2v) is 7.73. The van der Waals surface area contributed by atoms with E-state index in [0.717, 1.165) is 10.9 Å². The van der Waals surface area contributed by atoms with Crippen LogP contribution in [0.2, 0.25) is 0 Å². The Kier molecular flexibility index (Phi) is 4.42. The van der Waals surface area contributed by atoms with Gasteiger partial charge in [0.05, 0.1) is 12.9 Å². The molecule has 1 fully saturated rings. The fourth-order valence-corrected chi connectivity index (χ4v) is 2.90. The molecule has 2 aromatic heterocycles. The molecule has 0 spiro atoms. The number of nitrogen functional groups attached to an aromatic ring is 1. The Hall–Kier alpha value is -1.47. The van der Waals surface area contributed by atoms with Gasteiger partial charge < -0.3 is 29.9 Å². The topological polar surface area (TPSA) is 169 Å². The number of nitrogens with zero attached hydrogens (tertiary/aromatic N) is 3. The Morgan fingerprint density at radius 3 is 2.96 bits per heavy atom. The van der Waals surface area contributed by atoms with Crippen molar-refractivity contribution in [3.05, 3.63) is 16.7 Å². The van der Waals surface area contributed by atoms with Gasteiger partial charge in [-0.3, -0.25) is 14.3 Å². The average Bonchev–Trinajstić information content (AvgIpc) is 3.00. The molecule has 0 radical (unpaired) electrons. The Morgan fingerprint density at radius 2 is 2.29 bits per heavy atom. The Balaban J connectivity index is 1.90. The van der Waals surface area contributed by atoms with E-state index < -0.39 is 43.5 Å². The van der Waals surface area contributed by atoms with Crippen molar-refractivity contribution >= 4 is 35.6 Å². The van der Waals surface area contributed by atoms with Crippen LogP contribution < -0.4 is 11.3 Å². The van der Waals surface area contributed by atoms with Crippen LogP contribution in [0.3, 0.4) is 0 Å². The highest BCUT2D eigenvalue weighted by molar-refractivity contribution is 8.06. The highest BCUT2D eigenvalue weighted by Crippen LogP contribution is 2.39. The number of H-pyrrole nitrogens is 1. The van der Waals surface area contributed by atoms with E-state index in [9.17, 15) is 14.3 Å². The van der Waals surface area contributed by atoms with Crippen LogP contribution in [0.15, 0.2) is 11.1 Å². The molecule has 2 aromatic rings. The monoisotopic (exact) mass is 381 g/mol. The number of anilines is 1. The molecule has 0 bridgehead atoms. The van der Waals surface area contributed by atoms with Gasteiger partial charge in [-0.15, -0.1) is 0 Å². The molecule has 14 heteroatoms. The van der Waals surface area contributed by atoms with Crippen LogP contribution in [0, 0.1) is 0 Å². The molecule has 1 saturated heterocycles. The summed E-state index contributed by atoms with van der Waals surface area (Å²) in [6, 6.07) is 0. The minimum Gasteiger partial charge on any atom is -0.385 e. The molecule has 24 heavy (non-hydrogen) atoms. The molecule has 11 nitrogen and oxygen atoms in total. The predicted octanol–water partition coefficient (Wildman–Crippen LogP) is -1.48. The number of hydrogen-bond acceptors (Lipinski definition) is 8. The van der Waals surface area contributed by atoms with Gasteiger partial charge in [0.1, 0.15) is 12.2 Å². The number of aliphatic hydroxyl groups excluding tert-OH is 1. The highest BCUT2D eigenvalue weighted by atomic mass is 32.5. The summed E-state index contributed by atoms with van der Waals surface area (Å²) in [5, 5.41) is 10.0. The number of hydrogen-bond donors (Lipinski definition) is 5. The van der Waals surface area contributed by atoms with Crippen LogP contribution in [0.25, 0.3) is 11.2 Å².